The summed E-state index contributed by atoms with van der Waals surface area (Å²) in [5.74, 6) is -0.912. The van der Waals surface area contributed by atoms with Crippen LogP contribution in [0.5, 0.6) is 0 Å². The number of hydrogen-bond donors (Lipinski definition) is 1. The van der Waals surface area contributed by atoms with E-state index in [0.29, 0.717) is 16.3 Å². The molecule has 4 heterocycles. The summed E-state index contributed by atoms with van der Waals surface area (Å²) in [5, 5.41) is 1.77. The van der Waals surface area contributed by atoms with Crippen LogP contribution in [0.1, 0.15) is 33.9 Å². The van der Waals surface area contributed by atoms with Crippen LogP contribution in [0.2, 0.25) is 0 Å². The van der Waals surface area contributed by atoms with Gasteiger partial charge in [0.15, 0.2) is 0 Å². The zero-order valence-corrected chi connectivity index (χ0v) is 14.7. The predicted molar refractivity (Wildman–Crippen MR) is 97.3 cm³/mol. The van der Waals surface area contributed by atoms with Crippen LogP contribution in [-0.4, -0.2) is 31.5 Å². The first kappa shape index (κ1) is 16.3. The minimum absolute atomic E-state index is 0.140. The fourth-order valence-electron chi connectivity index (χ4n) is 3.12. The number of rotatable bonds is 3. The molecule has 26 heavy (non-hydrogen) atoms. The van der Waals surface area contributed by atoms with Gasteiger partial charge in [0.25, 0.3) is 11.7 Å². The summed E-state index contributed by atoms with van der Waals surface area (Å²) < 4.78 is 0. The molecule has 3 aromatic heterocycles. The van der Waals surface area contributed by atoms with E-state index in [0.717, 1.165) is 11.1 Å². The normalized spacial score (nSPS) is 15.7. The number of carbonyl (C=O) groups is 2. The van der Waals surface area contributed by atoms with Crippen molar-refractivity contribution < 1.29 is 9.59 Å². The molecule has 1 amide bonds. The Morgan fingerprint density at radius 3 is 2.69 bits per heavy atom. The maximum atomic E-state index is 12.7. The van der Waals surface area contributed by atoms with Crippen molar-refractivity contribution in [3.8, 4) is 11.3 Å². The first-order valence-electron chi connectivity index (χ1n) is 8.01. The van der Waals surface area contributed by atoms with Gasteiger partial charge in [-0.05, 0) is 30.5 Å². The van der Waals surface area contributed by atoms with Crippen LogP contribution >= 0.6 is 11.3 Å². The number of anilines is 1. The van der Waals surface area contributed by atoms with Crippen molar-refractivity contribution in [1.29, 1.82) is 0 Å². The number of pyridine rings is 1. The Morgan fingerprint density at radius 1 is 1.23 bits per heavy atom. The van der Waals surface area contributed by atoms with Crippen molar-refractivity contribution in [2.75, 3.05) is 5.73 Å². The molecule has 0 unspecified atom stereocenters. The van der Waals surface area contributed by atoms with E-state index in [-0.39, 0.29) is 18.5 Å². The van der Waals surface area contributed by atoms with E-state index in [4.69, 9.17) is 5.73 Å². The standard InChI is InChI=1S/C18H15N5O2S/c1-10-14-12(9-23(10)17(25)16(24)13-3-2-8-26-13)15(22-18(19)21-14)11-4-6-20-7-5-11/h2-8,10H,9H2,1H3,(H2,19,21,22)/t10-/m1/s1. The quantitative estimate of drug-likeness (QED) is 0.565. The summed E-state index contributed by atoms with van der Waals surface area (Å²) in [7, 11) is 0. The number of nitrogens with two attached hydrogens (primary N) is 1. The van der Waals surface area contributed by atoms with Gasteiger partial charge < -0.3 is 10.6 Å². The number of nitrogen functional groups attached to an aromatic ring is 1. The Balaban J connectivity index is 1.72. The Kier molecular flexibility index (Phi) is 3.96. The van der Waals surface area contributed by atoms with E-state index >= 15 is 0 Å². The van der Waals surface area contributed by atoms with Crippen molar-refractivity contribution >= 4 is 29.0 Å². The number of fused-ring (bicyclic) bond motifs is 1. The number of Topliss-reactive ketones (excluding diaryl/α,β-unsaturated/α-hetero) is 1. The highest BCUT2D eigenvalue weighted by Gasteiger charge is 2.37. The molecule has 0 spiro atoms. The van der Waals surface area contributed by atoms with E-state index in [1.807, 2.05) is 19.1 Å². The van der Waals surface area contributed by atoms with Gasteiger partial charge in [-0.1, -0.05) is 6.07 Å². The predicted octanol–water partition coefficient (Wildman–Crippen LogP) is 2.47. The maximum absolute atomic E-state index is 12.7. The summed E-state index contributed by atoms with van der Waals surface area (Å²) in [6.45, 7) is 2.11. The molecular formula is C18H15N5O2S. The number of ketones is 1. The summed E-state index contributed by atoms with van der Waals surface area (Å²) in [6.07, 6.45) is 3.34. The lowest BCUT2D eigenvalue weighted by molar-refractivity contribution is -0.128. The van der Waals surface area contributed by atoms with Crippen LogP contribution in [-0.2, 0) is 11.3 Å². The fraction of sp³-hybridized carbons (Fsp3) is 0.167. The monoisotopic (exact) mass is 365 g/mol. The minimum atomic E-state index is -0.544. The summed E-state index contributed by atoms with van der Waals surface area (Å²) in [5.41, 5.74) is 8.88. The van der Waals surface area contributed by atoms with Crippen LogP contribution in [0.4, 0.5) is 5.95 Å². The number of thiophene rings is 1. The third-order valence-electron chi connectivity index (χ3n) is 4.40. The lowest BCUT2D eigenvalue weighted by atomic mass is 10.1. The van der Waals surface area contributed by atoms with E-state index in [1.165, 1.54) is 16.2 Å². The average molecular weight is 365 g/mol. The zero-order chi connectivity index (χ0) is 18.3. The molecule has 0 fully saturated rings. The molecule has 0 saturated carbocycles. The van der Waals surface area contributed by atoms with Crippen LogP contribution in [0.3, 0.4) is 0 Å². The van der Waals surface area contributed by atoms with E-state index in [2.05, 4.69) is 15.0 Å². The van der Waals surface area contributed by atoms with Gasteiger partial charge in [-0.3, -0.25) is 14.6 Å². The van der Waals surface area contributed by atoms with Crippen molar-refractivity contribution in [3.63, 3.8) is 0 Å². The smallest absolute Gasteiger partial charge is 0.296 e. The molecule has 0 aliphatic carbocycles. The average Bonchev–Trinajstić information content (AvgIpc) is 3.30. The Bertz CT molecular complexity index is 988. The summed E-state index contributed by atoms with van der Waals surface area (Å²) in [6, 6.07) is 6.70. The van der Waals surface area contributed by atoms with Gasteiger partial charge in [0, 0.05) is 23.5 Å². The second kappa shape index (κ2) is 6.30. The molecule has 0 bridgehead atoms. The molecule has 0 saturated heterocycles. The fourth-order valence-corrected chi connectivity index (χ4v) is 3.77. The van der Waals surface area contributed by atoms with Crippen molar-refractivity contribution in [2.45, 2.75) is 19.5 Å². The number of amides is 1. The summed E-state index contributed by atoms with van der Waals surface area (Å²) in [4.78, 5) is 39.9. The molecule has 1 aliphatic rings. The summed E-state index contributed by atoms with van der Waals surface area (Å²) >= 11 is 1.25. The highest BCUT2D eigenvalue weighted by molar-refractivity contribution is 7.13. The number of nitrogens with zero attached hydrogens (tertiary/aromatic N) is 4. The van der Waals surface area contributed by atoms with Gasteiger partial charge in [0.05, 0.1) is 28.9 Å². The highest BCUT2D eigenvalue weighted by Crippen LogP contribution is 2.37. The third-order valence-corrected chi connectivity index (χ3v) is 5.27. The SMILES string of the molecule is C[C@@H]1c2nc(N)nc(-c3ccncc3)c2CN1C(=O)C(=O)c1cccs1. The molecule has 7 nitrogen and oxygen atoms in total. The van der Waals surface area contributed by atoms with Gasteiger partial charge in [0.2, 0.25) is 5.95 Å². The van der Waals surface area contributed by atoms with Gasteiger partial charge in [-0.25, -0.2) is 9.97 Å². The molecule has 130 valence electrons. The minimum Gasteiger partial charge on any atom is -0.368 e. The molecular weight excluding hydrogens is 350 g/mol. The Hall–Kier alpha value is -3.13. The van der Waals surface area contributed by atoms with Crippen LogP contribution < -0.4 is 5.73 Å². The zero-order valence-electron chi connectivity index (χ0n) is 13.9. The second-order valence-electron chi connectivity index (χ2n) is 5.95. The number of hydrogen-bond acceptors (Lipinski definition) is 7. The van der Waals surface area contributed by atoms with Gasteiger partial charge in [-0.2, -0.15) is 0 Å². The van der Waals surface area contributed by atoms with Crippen LogP contribution in [0, 0.1) is 0 Å². The molecule has 1 aliphatic heterocycles. The largest absolute Gasteiger partial charge is 0.368 e. The van der Waals surface area contributed by atoms with Crippen LogP contribution in [0.25, 0.3) is 11.3 Å². The molecule has 2 N–H and O–H groups in total. The van der Waals surface area contributed by atoms with Gasteiger partial charge >= 0.3 is 0 Å². The number of aromatic nitrogens is 3. The van der Waals surface area contributed by atoms with Crippen LogP contribution in [0.15, 0.2) is 42.0 Å². The Labute approximate surface area is 153 Å². The molecule has 1 atom stereocenters. The van der Waals surface area contributed by atoms with Crippen molar-refractivity contribution in [3.05, 3.63) is 58.2 Å². The molecule has 0 aromatic carbocycles. The third kappa shape index (κ3) is 2.64. The van der Waals surface area contributed by atoms with E-state index in [9.17, 15) is 9.59 Å². The van der Waals surface area contributed by atoms with E-state index < -0.39 is 11.7 Å². The first-order chi connectivity index (χ1) is 12.6. The molecule has 3 aromatic rings. The van der Waals surface area contributed by atoms with Gasteiger partial charge in [0.1, 0.15) is 0 Å². The van der Waals surface area contributed by atoms with E-state index in [1.54, 1.807) is 29.9 Å². The molecule has 4 rings (SSSR count). The Morgan fingerprint density at radius 2 is 2.00 bits per heavy atom. The lowest BCUT2D eigenvalue weighted by Crippen LogP contribution is -2.34. The molecule has 0 radical (unpaired) electrons. The van der Waals surface area contributed by atoms with Crippen molar-refractivity contribution in [1.82, 2.24) is 19.9 Å². The highest BCUT2D eigenvalue weighted by atomic mass is 32.1. The van der Waals surface area contributed by atoms with Gasteiger partial charge in [-0.15, -0.1) is 11.3 Å². The maximum Gasteiger partial charge on any atom is 0.296 e. The number of carbonyl (C=O) groups excluding carboxylic acids is 2. The lowest BCUT2D eigenvalue weighted by Gasteiger charge is -2.20. The van der Waals surface area contributed by atoms with Crippen molar-refractivity contribution in [2.24, 2.45) is 0 Å². The first-order valence-corrected chi connectivity index (χ1v) is 8.89. The second-order valence-corrected chi connectivity index (χ2v) is 6.89. The molecule has 8 heteroatoms. The topological polar surface area (TPSA) is 102 Å².